The Morgan fingerprint density at radius 3 is 1.43 bits per heavy atom. The minimum atomic E-state index is 0.725. The molecule has 0 nitrogen and oxygen atoms in total. The predicted octanol–water partition coefficient (Wildman–Crippen LogP) is 6.31. The summed E-state index contributed by atoms with van der Waals surface area (Å²) in [7, 11) is 0. The maximum Gasteiger partial charge on any atom is 0.0793 e. The molecule has 0 aromatic carbocycles. The number of hydrogen-bond donors (Lipinski definition) is 0. The van der Waals surface area contributed by atoms with Crippen LogP contribution in [0.15, 0.2) is 18.3 Å². The highest BCUT2D eigenvalue weighted by molar-refractivity contribution is 9.11. The van der Waals surface area contributed by atoms with Gasteiger partial charge in [-0.05, 0) is 31.9 Å². The van der Waals surface area contributed by atoms with Crippen molar-refractivity contribution >= 4 is 77.7 Å². The van der Waals surface area contributed by atoms with E-state index in [2.05, 4.69) is 31.9 Å². The Morgan fingerprint density at radius 1 is 0.857 bits per heavy atom. The SMILES string of the molecule is Clc1csc(Br)c1-c1c(Cl)csc1Br. The normalized spacial score (nSPS) is 10.9. The molecule has 0 fully saturated rings. The van der Waals surface area contributed by atoms with Crippen molar-refractivity contribution in [2.45, 2.75) is 0 Å². The molecule has 0 atom stereocenters. The second kappa shape index (κ2) is 4.44. The molecule has 0 amide bonds. The van der Waals surface area contributed by atoms with E-state index in [0.717, 1.165) is 28.7 Å². The molecule has 2 rings (SSSR count). The van der Waals surface area contributed by atoms with Gasteiger partial charge in [0.1, 0.15) is 0 Å². The molecule has 74 valence electrons. The molecule has 2 aromatic rings. The van der Waals surface area contributed by atoms with Gasteiger partial charge in [-0.25, -0.2) is 0 Å². The summed E-state index contributed by atoms with van der Waals surface area (Å²) >= 11 is 22.2. The van der Waals surface area contributed by atoms with Gasteiger partial charge in [0, 0.05) is 21.9 Å². The Balaban J connectivity index is 2.71. The Morgan fingerprint density at radius 2 is 1.21 bits per heavy atom. The highest BCUT2D eigenvalue weighted by atomic mass is 79.9. The van der Waals surface area contributed by atoms with Gasteiger partial charge in [0.05, 0.1) is 17.6 Å². The van der Waals surface area contributed by atoms with Crippen LogP contribution in [0.5, 0.6) is 0 Å². The van der Waals surface area contributed by atoms with Crippen LogP contribution in [0.1, 0.15) is 0 Å². The van der Waals surface area contributed by atoms with E-state index in [1.54, 1.807) is 22.7 Å². The Kier molecular flexibility index (Phi) is 3.62. The van der Waals surface area contributed by atoms with Gasteiger partial charge >= 0.3 is 0 Å². The number of halogens is 4. The van der Waals surface area contributed by atoms with Gasteiger partial charge < -0.3 is 0 Å². The second-order valence-electron chi connectivity index (χ2n) is 2.46. The molecular weight excluding hydrogens is 391 g/mol. The Hall–Kier alpha value is 0.940. The van der Waals surface area contributed by atoms with E-state index in [9.17, 15) is 0 Å². The summed E-state index contributed by atoms with van der Waals surface area (Å²) in [5, 5.41) is 5.23. The second-order valence-corrected chi connectivity index (χ2v) is 7.67. The first-order valence-corrected chi connectivity index (χ1v) is 7.56. The van der Waals surface area contributed by atoms with Gasteiger partial charge in [-0.15, -0.1) is 22.7 Å². The van der Waals surface area contributed by atoms with Crippen molar-refractivity contribution in [2.75, 3.05) is 0 Å². The largest absolute Gasteiger partial charge is 0.135 e. The predicted molar refractivity (Wildman–Crippen MR) is 73.1 cm³/mol. The van der Waals surface area contributed by atoms with Gasteiger partial charge in [-0.1, -0.05) is 23.2 Å². The molecule has 0 bridgehead atoms. The summed E-state index contributed by atoms with van der Waals surface area (Å²) in [4.78, 5) is 0. The first kappa shape index (κ1) is 11.4. The molecule has 0 unspecified atom stereocenters. The number of thiophene rings is 2. The molecule has 2 heterocycles. The van der Waals surface area contributed by atoms with Crippen molar-refractivity contribution < 1.29 is 0 Å². The fourth-order valence-electron chi connectivity index (χ4n) is 1.07. The van der Waals surface area contributed by atoms with Crippen LogP contribution in [0.25, 0.3) is 11.1 Å². The number of hydrogen-bond acceptors (Lipinski definition) is 2. The van der Waals surface area contributed by atoms with Crippen molar-refractivity contribution in [2.24, 2.45) is 0 Å². The lowest BCUT2D eigenvalue weighted by molar-refractivity contribution is 1.77. The molecule has 0 aliphatic rings. The van der Waals surface area contributed by atoms with Gasteiger partial charge in [0.2, 0.25) is 0 Å². The summed E-state index contributed by atoms with van der Waals surface area (Å²) in [6, 6.07) is 0. The summed E-state index contributed by atoms with van der Waals surface area (Å²) in [5.41, 5.74) is 1.93. The molecule has 6 heteroatoms. The van der Waals surface area contributed by atoms with Crippen LogP contribution in [0.4, 0.5) is 0 Å². The first-order chi connectivity index (χ1) is 6.61. The lowest BCUT2D eigenvalue weighted by Crippen LogP contribution is -1.73. The van der Waals surface area contributed by atoms with Gasteiger partial charge in [-0.2, -0.15) is 0 Å². The van der Waals surface area contributed by atoms with Crippen LogP contribution >= 0.6 is 77.7 Å². The molecule has 0 aliphatic heterocycles. The van der Waals surface area contributed by atoms with Crippen LogP contribution < -0.4 is 0 Å². The molecule has 0 saturated heterocycles. The molecule has 0 aliphatic carbocycles. The van der Waals surface area contributed by atoms with Crippen LogP contribution in [-0.4, -0.2) is 0 Å². The quantitative estimate of drug-likeness (QED) is 0.533. The van der Waals surface area contributed by atoms with Crippen LogP contribution in [0, 0.1) is 0 Å². The third-order valence-electron chi connectivity index (χ3n) is 1.65. The van der Waals surface area contributed by atoms with E-state index >= 15 is 0 Å². The molecule has 0 spiro atoms. The third-order valence-corrected chi connectivity index (χ3v) is 5.95. The highest BCUT2D eigenvalue weighted by Crippen LogP contribution is 2.48. The van der Waals surface area contributed by atoms with E-state index in [0.29, 0.717) is 0 Å². The lowest BCUT2D eigenvalue weighted by Gasteiger charge is -1.99. The molecule has 0 N–H and O–H groups in total. The molecule has 2 aromatic heterocycles. The van der Waals surface area contributed by atoms with Crippen LogP contribution in [0.2, 0.25) is 10.0 Å². The Labute approximate surface area is 116 Å². The van der Waals surface area contributed by atoms with E-state index in [-0.39, 0.29) is 0 Å². The van der Waals surface area contributed by atoms with E-state index in [1.807, 2.05) is 10.8 Å². The minimum Gasteiger partial charge on any atom is -0.135 e. The summed E-state index contributed by atoms with van der Waals surface area (Å²) in [6.45, 7) is 0. The molecule has 14 heavy (non-hydrogen) atoms. The summed E-state index contributed by atoms with van der Waals surface area (Å²) in [5.74, 6) is 0. The van der Waals surface area contributed by atoms with Gasteiger partial charge in [0.15, 0.2) is 0 Å². The maximum absolute atomic E-state index is 6.09. The van der Waals surface area contributed by atoms with Crippen molar-refractivity contribution in [3.63, 3.8) is 0 Å². The lowest BCUT2D eigenvalue weighted by atomic mass is 10.2. The van der Waals surface area contributed by atoms with Gasteiger partial charge in [-0.3, -0.25) is 0 Å². The minimum absolute atomic E-state index is 0.725. The molecular formula is C8H2Br2Cl2S2. The van der Waals surface area contributed by atoms with E-state index < -0.39 is 0 Å². The van der Waals surface area contributed by atoms with Crippen LogP contribution in [0.3, 0.4) is 0 Å². The first-order valence-electron chi connectivity index (χ1n) is 3.46. The molecule has 0 radical (unpaired) electrons. The van der Waals surface area contributed by atoms with E-state index in [4.69, 9.17) is 23.2 Å². The Bertz CT molecular complexity index is 392. The average molecular weight is 393 g/mol. The van der Waals surface area contributed by atoms with Gasteiger partial charge in [0.25, 0.3) is 0 Å². The van der Waals surface area contributed by atoms with Crippen molar-refractivity contribution in [1.29, 1.82) is 0 Å². The maximum atomic E-state index is 6.09. The number of rotatable bonds is 1. The van der Waals surface area contributed by atoms with E-state index in [1.165, 1.54) is 0 Å². The zero-order chi connectivity index (χ0) is 10.3. The topological polar surface area (TPSA) is 0 Å². The van der Waals surface area contributed by atoms with Crippen molar-refractivity contribution in [3.05, 3.63) is 28.4 Å². The zero-order valence-electron chi connectivity index (χ0n) is 6.48. The fraction of sp³-hybridized carbons (Fsp3) is 0. The fourth-order valence-corrected chi connectivity index (χ4v) is 4.75. The average Bonchev–Trinajstić information content (AvgIpc) is 2.60. The third kappa shape index (κ3) is 1.93. The summed E-state index contributed by atoms with van der Waals surface area (Å²) in [6.07, 6.45) is 0. The zero-order valence-corrected chi connectivity index (χ0v) is 12.8. The van der Waals surface area contributed by atoms with Crippen LogP contribution in [-0.2, 0) is 0 Å². The molecule has 0 saturated carbocycles. The van der Waals surface area contributed by atoms with Crippen molar-refractivity contribution in [1.82, 2.24) is 0 Å². The monoisotopic (exact) mass is 390 g/mol. The van der Waals surface area contributed by atoms with Crippen molar-refractivity contribution in [3.8, 4) is 11.1 Å². The smallest absolute Gasteiger partial charge is 0.0793 e. The summed E-state index contributed by atoms with van der Waals surface area (Å²) < 4.78 is 2.01. The standard InChI is InChI=1S/C8H2Br2Cl2S2/c9-7-5(3(11)1-13-7)6-4(12)2-14-8(6)10/h1-2H. The highest BCUT2D eigenvalue weighted by Gasteiger charge is 2.17.